The lowest BCUT2D eigenvalue weighted by atomic mass is 10.0. The molecule has 2 aromatic rings. The number of amides is 1. The van der Waals surface area contributed by atoms with Crippen LogP contribution in [0.15, 0.2) is 53.4 Å². The molecule has 0 atom stereocenters. The number of anilines is 2. The second kappa shape index (κ2) is 7.90. The Kier molecular flexibility index (Phi) is 5.90. The topological polar surface area (TPSA) is 41.1 Å². The van der Waals surface area contributed by atoms with Crippen LogP contribution in [-0.2, 0) is 4.79 Å². The quantitative estimate of drug-likeness (QED) is 0.767. The van der Waals surface area contributed by atoms with E-state index >= 15 is 0 Å². The van der Waals surface area contributed by atoms with Gasteiger partial charge in [0.05, 0.1) is 6.54 Å². The van der Waals surface area contributed by atoms with E-state index in [0.29, 0.717) is 5.92 Å². The van der Waals surface area contributed by atoms with Crippen LogP contribution in [0.3, 0.4) is 0 Å². The van der Waals surface area contributed by atoms with Gasteiger partial charge < -0.3 is 10.6 Å². The minimum absolute atomic E-state index is 0.0446. The van der Waals surface area contributed by atoms with Gasteiger partial charge in [-0.1, -0.05) is 38.1 Å². The van der Waals surface area contributed by atoms with Crippen LogP contribution in [0.4, 0.5) is 11.4 Å². The molecule has 22 heavy (non-hydrogen) atoms. The molecule has 0 fully saturated rings. The van der Waals surface area contributed by atoms with Crippen molar-refractivity contribution in [1.82, 2.24) is 0 Å². The van der Waals surface area contributed by atoms with Gasteiger partial charge in [0.15, 0.2) is 0 Å². The van der Waals surface area contributed by atoms with Gasteiger partial charge in [0.1, 0.15) is 0 Å². The molecule has 0 aliphatic carbocycles. The molecular formula is C18H22N2OS. The van der Waals surface area contributed by atoms with E-state index in [4.69, 9.17) is 0 Å². The normalized spacial score (nSPS) is 10.5. The summed E-state index contributed by atoms with van der Waals surface area (Å²) in [5.41, 5.74) is 3.05. The molecule has 1 amide bonds. The second-order valence-electron chi connectivity index (χ2n) is 5.38. The average Bonchev–Trinajstić information content (AvgIpc) is 2.53. The van der Waals surface area contributed by atoms with Crippen molar-refractivity contribution in [2.45, 2.75) is 24.7 Å². The lowest BCUT2D eigenvalue weighted by Crippen LogP contribution is -2.22. The zero-order chi connectivity index (χ0) is 15.9. The van der Waals surface area contributed by atoms with E-state index in [0.717, 1.165) is 16.3 Å². The number of thioether (sulfide) groups is 1. The van der Waals surface area contributed by atoms with Crippen molar-refractivity contribution >= 4 is 29.0 Å². The Balaban J connectivity index is 1.94. The van der Waals surface area contributed by atoms with E-state index < -0.39 is 0 Å². The first-order chi connectivity index (χ1) is 10.6. The fourth-order valence-electron chi connectivity index (χ4n) is 2.15. The first-order valence-electron chi connectivity index (χ1n) is 7.37. The molecule has 2 N–H and O–H groups in total. The van der Waals surface area contributed by atoms with Gasteiger partial charge in [-0.05, 0) is 42.0 Å². The minimum Gasteiger partial charge on any atom is -0.375 e. The van der Waals surface area contributed by atoms with Gasteiger partial charge in [0.25, 0.3) is 0 Å². The molecular weight excluding hydrogens is 292 g/mol. The van der Waals surface area contributed by atoms with Crippen LogP contribution in [0, 0.1) is 0 Å². The average molecular weight is 314 g/mol. The molecule has 0 heterocycles. The maximum atomic E-state index is 12.1. The van der Waals surface area contributed by atoms with Crippen LogP contribution < -0.4 is 10.6 Å². The molecule has 3 nitrogen and oxygen atoms in total. The van der Waals surface area contributed by atoms with E-state index in [1.165, 1.54) is 5.56 Å². The van der Waals surface area contributed by atoms with Crippen LogP contribution in [0.25, 0.3) is 0 Å². The standard InChI is InChI=1S/C18H22N2OS/c1-13(2)14-7-6-8-15(11-14)20-18(21)12-19-16-9-4-5-10-17(16)22-3/h4-11,13,19H,12H2,1-3H3,(H,20,21). The van der Waals surface area contributed by atoms with Gasteiger partial charge in [0, 0.05) is 16.3 Å². The van der Waals surface area contributed by atoms with Crippen molar-refractivity contribution in [2.24, 2.45) is 0 Å². The highest BCUT2D eigenvalue weighted by Crippen LogP contribution is 2.24. The van der Waals surface area contributed by atoms with Crippen LogP contribution in [0.2, 0.25) is 0 Å². The molecule has 0 radical (unpaired) electrons. The monoisotopic (exact) mass is 314 g/mol. The largest absolute Gasteiger partial charge is 0.375 e. The molecule has 4 heteroatoms. The fraction of sp³-hybridized carbons (Fsp3) is 0.278. The highest BCUT2D eigenvalue weighted by atomic mass is 32.2. The molecule has 0 spiro atoms. The van der Waals surface area contributed by atoms with Crippen molar-refractivity contribution in [3.8, 4) is 0 Å². The molecule has 0 saturated carbocycles. The number of benzene rings is 2. The molecule has 0 aromatic heterocycles. The Morgan fingerprint density at radius 1 is 1.14 bits per heavy atom. The summed E-state index contributed by atoms with van der Waals surface area (Å²) in [5, 5.41) is 6.13. The fourth-order valence-corrected chi connectivity index (χ4v) is 2.72. The Morgan fingerprint density at radius 2 is 1.91 bits per heavy atom. The third-order valence-corrected chi connectivity index (χ3v) is 4.18. The first-order valence-corrected chi connectivity index (χ1v) is 8.59. The molecule has 0 saturated heterocycles. The molecule has 2 rings (SSSR count). The molecule has 0 aliphatic rings. The van der Waals surface area contributed by atoms with Crippen molar-refractivity contribution in [2.75, 3.05) is 23.4 Å². The van der Waals surface area contributed by atoms with Crippen LogP contribution >= 0.6 is 11.8 Å². The SMILES string of the molecule is CSc1ccccc1NCC(=O)Nc1cccc(C(C)C)c1. The number of carbonyl (C=O) groups is 1. The van der Waals surface area contributed by atoms with E-state index in [9.17, 15) is 4.79 Å². The number of nitrogens with one attached hydrogen (secondary N) is 2. The summed E-state index contributed by atoms with van der Waals surface area (Å²) in [4.78, 5) is 13.2. The third kappa shape index (κ3) is 4.53. The van der Waals surface area contributed by atoms with Gasteiger partial charge in [0.2, 0.25) is 5.91 Å². The molecule has 0 unspecified atom stereocenters. The molecule has 2 aromatic carbocycles. The lowest BCUT2D eigenvalue weighted by Gasteiger charge is -2.12. The van der Waals surface area contributed by atoms with Gasteiger partial charge in [-0.3, -0.25) is 4.79 Å². The van der Waals surface area contributed by atoms with Crippen LogP contribution in [0.1, 0.15) is 25.3 Å². The maximum absolute atomic E-state index is 12.1. The molecule has 0 bridgehead atoms. The summed E-state index contributed by atoms with van der Waals surface area (Å²) in [7, 11) is 0. The Labute approximate surface area is 136 Å². The number of rotatable bonds is 6. The van der Waals surface area contributed by atoms with Gasteiger partial charge >= 0.3 is 0 Å². The van der Waals surface area contributed by atoms with Crippen molar-refractivity contribution < 1.29 is 4.79 Å². The lowest BCUT2D eigenvalue weighted by molar-refractivity contribution is -0.114. The molecule has 0 aliphatic heterocycles. The predicted octanol–water partition coefficient (Wildman–Crippen LogP) is 4.58. The summed E-state index contributed by atoms with van der Waals surface area (Å²) in [6.07, 6.45) is 2.03. The van der Waals surface area contributed by atoms with Gasteiger partial charge in [-0.25, -0.2) is 0 Å². The zero-order valence-corrected chi connectivity index (χ0v) is 14.0. The third-order valence-electron chi connectivity index (χ3n) is 3.38. The van der Waals surface area contributed by atoms with Crippen molar-refractivity contribution in [1.29, 1.82) is 0 Å². The summed E-state index contributed by atoms with van der Waals surface area (Å²) in [5.74, 6) is 0.403. The minimum atomic E-state index is -0.0446. The Hall–Kier alpha value is -1.94. The smallest absolute Gasteiger partial charge is 0.243 e. The highest BCUT2D eigenvalue weighted by Gasteiger charge is 2.06. The maximum Gasteiger partial charge on any atom is 0.243 e. The summed E-state index contributed by atoms with van der Waals surface area (Å²) >= 11 is 1.66. The Bertz CT molecular complexity index is 640. The van der Waals surface area contributed by atoms with E-state index in [-0.39, 0.29) is 12.5 Å². The predicted molar refractivity (Wildman–Crippen MR) is 95.9 cm³/mol. The number of para-hydroxylation sites is 1. The molecule has 116 valence electrons. The van der Waals surface area contributed by atoms with Crippen molar-refractivity contribution in [3.63, 3.8) is 0 Å². The van der Waals surface area contributed by atoms with E-state index in [1.807, 2.05) is 48.7 Å². The number of hydrogen-bond acceptors (Lipinski definition) is 3. The number of carbonyl (C=O) groups excluding carboxylic acids is 1. The zero-order valence-electron chi connectivity index (χ0n) is 13.2. The summed E-state index contributed by atoms with van der Waals surface area (Å²) in [6, 6.07) is 16.0. The highest BCUT2D eigenvalue weighted by molar-refractivity contribution is 7.98. The van der Waals surface area contributed by atoms with Crippen LogP contribution in [-0.4, -0.2) is 18.7 Å². The van der Waals surface area contributed by atoms with Crippen LogP contribution in [0.5, 0.6) is 0 Å². The number of hydrogen-bond donors (Lipinski definition) is 2. The van der Waals surface area contributed by atoms with E-state index in [1.54, 1.807) is 11.8 Å². The van der Waals surface area contributed by atoms with Crippen molar-refractivity contribution in [3.05, 3.63) is 54.1 Å². The Morgan fingerprint density at radius 3 is 2.64 bits per heavy atom. The summed E-state index contributed by atoms with van der Waals surface area (Å²) in [6.45, 7) is 4.53. The summed E-state index contributed by atoms with van der Waals surface area (Å²) < 4.78 is 0. The van der Waals surface area contributed by atoms with Gasteiger partial charge in [-0.2, -0.15) is 0 Å². The van der Waals surface area contributed by atoms with E-state index in [2.05, 4.69) is 30.5 Å². The second-order valence-corrected chi connectivity index (χ2v) is 6.23. The van der Waals surface area contributed by atoms with Gasteiger partial charge in [-0.15, -0.1) is 11.8 Å². The first kappa shape index (κ1) is 16.4.